The number of phenols is 3. The van der Waals surface area contributed by atoms with E-state index in [0.29, 0.717) is 56.9 Å². The molecule has 12 nitrogen and oxygen atoms in total. The Kier molecular flexibility index (Phi) is 16.4. The third-order valence-electron chi connectivity index (χ3n) is 18.2. The molecule has 6 unspecified atom stereocenters. The molecule has 6 bridgehead atoms. The number of benzene rings is 5. The second kappa shape index (κ2) is 24.3. The number of nitrogens with zero attached hydrogens (tertiary/aromatic N) is 1. The van der Waals surface area contributed by atoms with Crippen LogP contribution in [0.1, 0.15) is 134 Å². The van der Waals surface area contributed by atoms with Gasteiger partial charge in [-0.05, 0) is 182 Å². The number of dihydropyridines is 1. The fourth-order valence-corrected chi connectivity index (χ4v) is 13.9. The van der Waals surface area contributed by atoms with Crippen molar-refractivity contribution in [3.8, 4) is 34.8 Å². The number of rotatable bonds is 11. The van der Waals surface area contributed by atoms with Crippen molar-refractivity contribution >= 4 is 16.6 Å². The fourth-order valence-electron chi connectivity index (χ4n) is 13.9. The van der Waals surface area contributed by atoms with Gasteiger partial charge < -0.3 is 54.4 Å². The summed E-state index contributed by atoms with van der Waals surface area (Å²) in [6.07, 6.45) is 20.0. The topological polar surface area (TPSA) is 167 Å². The number of aromatic hydroxyl groups is 3. The maximum atomic E-state index is 11.9. The van der Waals surface area contributed by atoms with Gasteiger partial charge in [-0.3, -0.25) is 5.32 Å². The number of hydrogen-bond acceptors (Lipinski definition) is 11. The molecule has 4 aliphatic heterocycles. The van der Waals surface area contributed by atoms with Crippen LogP contribution in [0.3, 0.4) is 0 Å². The largest absolute Gasteiger partial charge is 0.508 e. The van der Waals surface area contributed by atoms with Gasteiger partial charge in [-0.2, -0.15) is 0 Å². The van der Waals surface area contributed by atoms with E-state index in [-0.39, 0.29) is 72.7 Å². The lowest BCUT2D eigenvalue weighted by atomic mass is 9.57. The molecule has 6 atom stereocenters. The van der Waals surface area contributed by atoms with Crippen LogP contribution in [-0.2, 0) is 58.5 Å². The van der Waals surface area contributed by atoms with E-state index < -0.39 is 6.10 Å². The minimum Gasteiger partial charge on any atom is -0.508 e. The predicted molar refractivity (Wildman–Crippen MR) is 310 cm³/mol. The number of aromatic nitrogens is 1. The van der Waals surface area contributed by atoms with Gasteiger partial charge in [-0.1, -0.05) is 85.7 Å². The maximum absolute atomic E-state index is 11.9. The zero-order valence-corrected chi connectivity index (χ0v) is 45.9. The van der Waals surface area contributed by atoms with Gasteiger partial charge in [0.15, 0.2) is 11.5 Å². The number of nitrogens with one attached hydrogen (secondary N) is 2. The molecule has 6 aromatic rings. The summed E-state index contributed by atoms with van der Waals surface area (Å²) >= 11 is 0. The molecule has 6 aliphatic rings. The lowest BCUT2D eigenvalue weighted by Gasteiger charge is -2.49. The van der Waals surface area contributed by atoms with Crippen molar-refractivity contribution in [2.24, 2.45) is 11.8 Å². The van der Waals surface area contributed by atoms with Crippen molar-refractivity contribution < 1.29 is 44.5 Å². The number of ether oxygens (including phenoxy) is 4. The van der Waals surface area contributed by atoms with Crippen LogP contribution < -0.4 is 15.4 Å². The van der Waals surface area contributed by atoms with Crippen LogP contribution in [0.25, 0.3) is 16.6 Å². The third kappa shape index (κ3) is 11.8. The Hall–Kier alpha value is -6.56. The Morgan fingerprint density at radius 1 is 0.787 bits per heavy atom. The number of aliphatic hydroxyl groups is 2. The molecule has 2 fully saturated rings. The summed E-state index contributed by atoms with van der Waals surface area (Å²) in [6.45, 7) is 1.92. The second-order valence-electron chi connectivity index (χ2n) is 23.4. The summed E-state index contributed by atoms with van der Waals surface area (Å²) in [5, 5.41) is 64.7. The van der Waals surface area contributed by atoms with E-state index in [1.807, 2.05) is 24.3 Å². The Labute approximate surface area is 470 Å². The van der Waals surface area contributed by atoms with Crippen molar-refractivity contribution in [1.29, 1.82) is 0 Å². The first-order valence-corrected chi connectivity index (χ1v) is 29.5. The standard InChI is InChI=1S/C68H77N3O9/c72-39-52-33-64(76)65-34-48(52)22-24-57(74)36-59-14-7-8-44(16-17-45-19-25-63(75)50(28-45)29-46-9-6-11-56(73)30-46)18-20-49-35-66(69-43-80-58-12-2-1-3-13-58)70-67(61(49)42-78-59)71-37-51-31-55(32-53(40-79-65)60(51)38-71)68-26-27-77-41-54(68)23-21-47-10-4-5-15-62(47)68/h4-6,9-11,15,19,25,28,30-35,37-38,44,54,57-59,66,69-70,72-76H,1-3,7-8,12-14,16-17,21-24,26-27,29,36,39-43H2. The Morgan fingerprint density at radius 3 is 2.56 bits per heavy atom. The van der Waals surface area contributed by atoms with Gasteiger partial charge >= 0.3 is 0 Å². The fraction of sp³-hybridized carbons (Fsp3) is 0.441. The molecule has 1 saturated carbocycles. The number of phenolic OH excluding ortho intramolecular Hbond substituents is 3. The lowest BCUT2D eigenvalue weighted by molar-refractivity contribution is 0.00498. The highest BCUT2D eigenvalue weighted by Gasteiger charge is 2.47. The van der Waals surface area contributed by atoms with Gasteiger partial charge in [0, 0.05) is 58.7 Å². The zero-order valence-electron chi connectivity index (χ0n) is 45.9. The van der Waals surface area contributed by atoms with Crippen molar-refractivity contribution in [2.45, 2.75) is 152 Å². The van der Waals surface area contributed by atoms with Crippen molar-refractivity contribution in [1.82, 2.24) is 15.2 Å². The quantitative estimate of drug-likeness (QED) is 0.0487. The van der Waals surface area contributed by atoms with Crippen molar-refractivity contribution in [3.63, 3.8) is 0 Å². The maximum Gasteiger partial charge on any atom is 0.161 e. The average molecular weight is 1080 g/mol. The number of fused-ring (bicyclic) bond motifs is 9. The molecule has 418 valence electrons. The molecule has 7 N–H and O–H groups in total. The monoisotopic (exact) mass is 1080 g/mol. The van der Waals surface area contributed by atoms with Gasteiger partial charge in [-0.25, -0.2) is 0 Å². The summed E-state index contributed by atoms with van der Waals surface area (Å²) in [5.41, 5.74) is 10.8. The molecule has 0 amide bonds. The molecule has 5 heterocycles. The van der Waals surface area contributed by atoms with E-state index in [2.05, 4.69) is 88.0 Å². The number of aliphatic hydroxyl groups excluding tert-OH is 2. The first kappa shape index (κ1) is 54.0. The smallest absolute Gasteiger partial charge is 0.161 e. The molecule has 80 heavy (non-hydrogen) atoms. The molecule has 12 rings (SSSR count). The van der Waals surface area contributed by atoms with E-state index in [0.717, 1.165) is 120 Å². The molecule has 2 aliphatic carbocycles. The highest BCUT2D eigenvalue weighted by Crippen LogP contribution is 2.52. The van der Waals surface area contributed by atoms with Crippen LogP contribution in [0.2, 0.25) is 0 Å². The SMILES string of the molecule is OCc1cc(O)c2cc1CCC(O)CC1CCCC(CCc3ccc(O)c(Cc4cccc(O)c4)c3)C#CC3=CC(NCOC4CCCCC4)NC(=C3CO1)n1cc3cc(C45CCOCC4CCc4ccccc45)cc(c3c1)CO2. The third-order valence-corrected chi connectivity index (χ3v) is 18.2. The van der Waals surface area contributed by atoms with Crippen molar-refractivity contribution in [3.05, 3.63) is 171 Å². The van der Waals surface area contributed by atoms with Crippen LogP contribution in [0.4, 0.5) is 0 Å². The van der Waals surface area contributed by atoms with E-state index in [1.165, 1.54) is 36.0 Å². The van der Waals surface area contributed by atoms with Gasteiger partial charge in [0.1, 0.15) is 30.1 Å². The number of aryl methyl sites for hydroxylation is 3. The van der Waals surface area contributed by atoms with Gasteiger partial charge in [0.25, 0.3) is 0 Å². The van der Waals surface area contributed by atoms with Crippen LogP contribution in [0.5, 0.6) is 23.0 Å². The molecule has 0 spiro atoms. The van der Waals surface area contributed by atoms with Crippen LogP contribution in [0, 0.1) is 23.7 Å². The minimum atomic E-state index is -0.698. The first-order valence-electron chi connectivity index (χ1n) is 29.5. The zero-order chi connectivity index (χ0) is 54.6. The van der Waals surface area contributed by atoms with Crippen LogP contribution in [-0.4, -0.2) is 81.1 Å². The normalized spacial score (nSPS) is 24.5. The summed E-state index contributed by atoms with van der Waals surface area (Å²) in [5.74, 6) is 9.46. The average Bonchev–Trinajstić information content (AvgIpc) is 3.93. The summed E-state index contributed by atoms with van der Waals surface area (Å²) in [4.78, 5) is 0. The van der Waals surface area contributed by atoms with Crippen LogP contribution >= 0.6 is 0 Å². The van der Waals surface area contributed by atoms with E-state index in [1.54, 1.807) is 24.3 Å². The Morgan fingerprint density at radius 2 is 1.68 bits per heavy atom. The summed E-state index contributed by atoms with van der Waals surface area (Å²) in [7, 11) is 0. The van der Waals surface area contributed by atoms with Gasteiger partial charge in [0.05, 0.1) is 44.9 Å². The van der Waals surface area contributed by atoms with Gasteiger partial charge in [0.2, 0.25) is 0 Å². The number of hydrogen-bond donors (Lipinski definition) is 7. The summed E-state index contributed by atoms with van der Waals surface area (Å²) in [6, 6.07) is 30.2. The summed E-state index contributed by atoms with van der Waals surface area (Å²) < 4.78 is 28.7. The van der Waals surface area contributed by atoms with Crippen molar-refractivity contribution in [2.75, 3.05) is 26.6 Å². The minimum absolute atomic E-state index is 0.0373. The van der Waals surface area contributed by atoms with E-state index in [4.69, 9.17) is 18.9 Å². The molecular formula is C68H77N3O9. The Bertz CT molecular complexity index is 3330. The lowest BCUT2D eigenvalue weighted by Crippen LogP contribution is -2.47. The molecule has 12 heteroatoms. The van der Waals surface area contributed by atoms with E-state index in [9.17, 15) is 25.5 Å². The highest BCUT2D eigenvalue weighted by molar-refractivity contribution is 5.88. The Balaban J connectivity index is 0.964. The van der Waals surface area contributed by atoms with Crippen LogP contribution in [0.15, 0.2) is 121 Å². The molecular weight excluding hydrogens is 1000 g/mol. The molecule has 1 saturated heterocycles. The molecule has 5 aromatic carbocycles. The highest BCUT2D eigenvalue weighted by atomic mass is 16.5. The molecule has 0 radical (unpaired) electrons. The predicted octanol–water partition coefficient (Wildman–Crippen LogP) is 11.1. The van der Waals surface area contributed by atoms with Gasteiger partial charge in [-0.15, -0.1) is 0 Å². The first-order chi connectivity index (χ1) is 39.1. The molecule has 1 aromatic heterocycles. The van der Waals surface area contributed by atoms with E-state index >= 15 is 0 Å². The second-order valence-corrected chi connectivity index (χ2v) is 23.4.